The minimum absolute atomic E-state index is 0.344. The van der Waals surface area contributed by atoms with E-state index in [1.165, 1.54) is 18.4 Å². The van der Waals surface area contributed by atoms with Crippen molar-refractivity contribution in [2.24, 2.45) is 0 Å². The molecule has 0 radical (unpaired) electrons. The molecule has 1 aliphatic heterocycles. The Morgan fingerprint density at radius 2 is 1.74 bits per heavy atom. The third-order valence-electron chi connectivity index (χ3n) is 5.50. The molecular weight excluding hydrogens is 466 g/mol. The number of ether oxygens (including phenoxy) is 3. The van der Waals surface area contributed by atoms with Gasteiger partial charge in [0.25, 0.3) is 11.8 Å². The Hall–Kier alpha value is -3.56. The summed E-state index contributed by atoms with van der Waals surface area (Å²) in [7, 11) is 1.52. The van der Waals surface area contributed by atoms with Gasteiger partial charge in [-0.3, -0.25) is 20.4 Å². The fourth-order valence-electron chi connectivity index (χ4n) is 3.71. The zero-order chi connectivity index (χ0) is 24.6. The maximum absolute atomic E-state index is 13.0. The lowest BCUT2D eigenvalue weighted by molar-refractivity contribution is 0.0848. The van der Waals surface area contributed by atoms with Gasteiger partial charge in [0.1, 0.15) is 0 Å². The van der Waals surface area contributed by atoms with E-state index >= 15 is 0 Å². The monoisotopic (exact) mass is 495 g/mol. The summed E-state index contributed by atoms with van der Waals surface area (Å²) in [4.78, 5) is 28.4. The van der Waals surface area contributed by atoms with Crippen LogP contribution in [-0.2, 0) is 4.74 Å². The summed E-state index contributed by atoms with van der Waals surface area (Å²) in [6.07, 6.45) is 0.860. The first-order valence-corrected chi connectivity index (χ1v) is 12.4. The predicted molar refractivity (Wildman–Crippen MR) is 136 cm³/mol. The molecule has 1 aromatic heterocycles. The van der Waals surface area contributed by atoms with E-state index in [0.29, 0.717) is 41.8 Å². The molecule has 0 aliphatic carbocycles. The maximum atomic E-state index is 13.0. The van der Waals surface area contributed by atoms with Gasteiger partial charge in [-0.2, -0.15) is 0 Å². The van der Waals surface area contributed by atoms with Crippen LogP contribution in [0, 0.1) is 0 Å². The molecule has 184 valence electrons. The van der Waals surface area contributed by atoms with Crippen molar-refractivity contribution in [1.29, 1.82) is 0 Å². The van der Waals surface area contributed by atoms with Crippen LogP contribution < -0.4 is 25.2 Å². The highest BCUT2D eigenvalue weighted by Gasteiger charge is 2.22. The zero-order valence-electron chi connectivity index (χ0n) is 19.8. The topological polar surface area (TPSA) is 89.1 Å². The van der Waals surface area contributed by atoms with E-state index in [1.807, 2.05) is 43.3 Å². The number of nitrogens with one attached hydrogen (secondary N) is 2. The minimum Gasteiger partial charge on any atom is -0.493 e. The number of methoxy groups -OCH3 is 1. The summed E-state index contributed by atoms with van der Waals surface area (Å²) in [6, 6.07) is 16.7. The summed E-state index contributed by atoms with van der Waals surface area (Å²) in [5.41, 5.74) is 7.40. The molecule has 0 spiro atoms. The Labute approximate surface area is 208 Å². The van der Waals surface area contributed by atoms with Gasteiger partial charge in [0.2, 0.25) is 0 Å². The lowest BCUT2D eigenvalue weighted by atomic mass is 10.1. The van der Waals surface area contributed by atoms with Crippen molar-refractivity contribution in [1.82, 2.24) is 10.9 Å². The summed E-state index contributed by atoms with van der Waals surface area (Å²) < 4.78 is 16.5. The van der Waals surface area contributed by atoms with Crippen molar-refractivity contribution in [3.8, 4) is 22.6 Å². The smallest absolute Gasteiger partial charge is 0.279 e. The predicted octanol–water partition coefficient (Wildman–Crippen LogP) is 4.12. The molecule has 2 heterocycles. The van der Waals surface area contributed by atoms with E-state index in [9.17, 15) is 9.59 Å². The molecule has 35 heavy (non-hydrogen) atoms. The third kappa shape index (κ3) is 5.93. The Bertz CT molecular complexity index is 1160. The molecule has 2 amide bonds. The number of carbonyl (C=O) groups excluding carboxylic acids is 2. The molecule has 0 saturated carbocycles. The van der Waals surface area contributed by atoms with Crippen molar-refractivity contribution >= 4 is 28.2 Å². The standard InChI is InChI=1S/C26H29N3O5S/c1-3-13-34-21-10-9-19(16-22(21)32-2)24(30)27-28-25(31)23-17-20(18-7-5-4-6-8-18)26(35-23)29-11-14-33-15-12-29/h4-10,16-17H,3,11-15H2,1-2H3,(H,27,30)(H,28,31). The highest BCUT2D eigenvalue weighted by molar-refractivity contribution is 7.18. The van der Waals surface area contributed by atoms with Crippen molar-refractivity contribution in [3.05, 3.63) is 65.0 Å². The number of hydrogen-bond donors (Lipinski definition) is 2. The van der Waals surface area contributed by atoms with Gasteiger partial charge in [0.15, 0.2) is 11.5 Å². The van der Waals surface area contributed by atoms with Crippen LogP contribution >= 0.6 is 11.3 Å². The van der Waals surface area contributed by atoms with Gasteiger partial charge < -0.3 is 19.1 Å². The van der Waals surface area contributed by atoms with E-state index in [-0.39, 0.29) is 5.91 Å². The van der Waals surface area contributed by atoms with Crippen molar-refractivity contribution < 1.29 is 23.8 Å². The molecule has 8 nitrogen and oxygen atoms in total. The van der Waals surface area contributed by atoms with Gasteiger partial charge in [-0.1, -0.05) is 37.3 Å². The number of hydrazine groups is 1. The number of anilines is 1. The van der Waals surface area contributed by atoms with Crippen molar-refractivity contribution in [3.63, 3.8) is 0 Å². The van der Waals surface area contributed by atoms with Crippen molar-refractivity contribution in [2.75, 3.05) is 44.9 Å². The Kier molecular flexibility index (Phi) is 8.23. The first-order chi connectivity index (χ1) is 17.1. The molecule has 1 fully saturated rings. The van der Waals surface area contributed by atoms with Crippen molar-refractivity contribution in [2.45, 2.75) is 13.3 Å². The van der Waals surface area contributed by atoms with Crippen LogP contribution in [-0.4, -0.2) is 51.8 Å². The molecule has 2 N–H and O–H groups in total. The highest BCUT2D eigenvalue weighted by atomic mass is 32.1. The number of rotatable bonds is 8. The number of nitrogens with zero attached hydrogens (tertiary/aromatic N) is 1. The minimum atomic E-state index is -0.452. The van der Waals surface area contributed by atoms with E-state index in [0.717, 1.165) is 35.6 Å². The molecule has 0 unspecified atom stereocenters. The molecular formula is C26H29N3O5S. The highest BCUT2D eigenvalue weighted by Crippen LogP contribution is 2.39. The maximum Gasteiger partial charge on any atom is 0.279 e. The number of benzene rings is 2. The second-order valence-corrected chi connectivity index (χ2v) is 8.95. The molecule has 0 bridgehead atoms. The van der Waals surface area contributed by atoms with Crippen LogP contribution in [0.15, 0.2) is 54.6 Å². The van der Waals surface area contributed by atoms with E-state index in [2.05, 4.69) is 15.8 Å². The number of hydrogen-bond acceptors (Lipinski definition) is 7. The van der Waals surface area contributed by atoms with Crippen LogP contribution in [0.1, 0.15) is 33.4 Å². The Morgan fingerprint density at radius 3 is 2.46 bits per heavy atom. The Morgan fingerprint density at radius 1 is 1.00 bits per heavy atom. The second-order valence-electron chi connectivity index (χ2n) is 7.92. The lowest BCUT2D eigenvalue weighted by Crippen LogP contribution is -2.41. The van der Waals surface area contributed by atoms with E-state index in [1.54, 1.807) is 18.2 Å². The largest absolute Gasteiger partial charge is 0.493 e. The normalized spacial score (nSPS) is 13.3. The zero-order valence-corrected chi connectivity index (χ0v) is 20.7. The van der Waals surface area contributed by atoms with Crippen LogP contribution in [0.5, 0.6) is 11.5 Å². The summed E-state index contributed by atoms with van der Waals surface area (Å²) in [5, 5.41) is 1.02. The first-order valence-electron chi connectivity index (χ1n) is 11.5. The summed E-state index contributed by atoms with van der Waals surface area (Å²) in [5.74, 6) is 0.192. The number of amides is 2. The van der Waals surface area contributed by atoms with E-state index in [4.69, 9.17) is 14.2 Å². The average molecular weight is 496 g/mol. The Balaban J connectivity index is 1.48. The quantitative estimate of drug-likeness (QED) is 0.457. The van der Waals surface area contributed by atoms with Gasteiger partial charge in [0, 0.05) is 24.2 Å². The van der Waals surface area contributed by atoms with Crippen LogP contribution in [0.2, 0.25) is 0 Å². The summed E-state index contributed by atoms with van der Waals surface area (Å²) >= 11 is 1.40. The molecule has 2 aromatic carbocycles. The number of morpholine rings is 1. The van der Waals surface area contributed by atoms with Gasteiger partial charge in [-0.05, 0) is 36.2 Å². The fraction of sp³-hybridized carbons (Fsp3) is 0.308. The van der Waals surface area contributed by atoms with Gasteiger partial charge in [-0.15, -0.1) is 11.3 Å². The van der Waals surface area contributed by atoms with Gasteiger partial charge >= 0.3 is 0 Å². The van der Waals surface area contributed by atoms with Crippen LogP contribution in [0.3, 0.4) is 0 Å². The van der Waals surface area contributed by atoms with E-state index < -0.39 is 5.91 Å². The fourth-order valence-corrected chi connectivity index (χ4v) is 4.83. The molecule has 1 aliphatic rings. The molecule has 1 saturated heterocycles. The SMILES string of the molecule is CCCOc1ccc(C(=O)NNC(=O)c2cc(-c3ccccc3)c(N3CCOCC3)s2)cc1OC. The van der Waals surface area contributed by atoms with Gasteiger partial charge in [-0.25, -0.2) is 0 Å². The van der Waals surface area contributed by atoms with Gasteiger partial charge in [0.05, 0.1) is 36.8 Å². The van der Waals surface area contributed by atoms with Crippen LogP contribution in [0.4, 0.5) is 5.00 Å². The molecule has 0 atom stereocenters. The molecule has 4 rings (SSSR count). The van der Waals surface area contributed by atoms with Crippen LogP contribution in [0.25, 0.3) is 11.1 Å². The molecule has 9 heteroatoms. The lowest BCUT2D eigenvalue weighted by Gasteiger charge is -2.28. The average Bonchev–Trinajstić information content (AvgIpc) is 3.37. The summed E-state index contributed by atoms with van der Waals surface area (Å²) in [6.45, 7) is 5.38. The molecule has 3 aromatic rings. The second kappa shape index (κ2) is 11.7. The number of carbonyl (C=O) groups is 2. The first kappa shape index (κ1) is 24.6. The third-order valence-corrected chi connectivity index (χ3v) is 6.69. The number of thiophene rings is 1.